The van der Waals surface area contributed by atoms with Crippen LogP contribution in [0.25, 0.3) is 0 Å². The lowest BCUT2D eigenvalue weighted by Crippen LogP contribution is -2.51. The Bertz CT molecular complexity index is 831. The van der Waals surface area contributed by atoms with Gasteiger partial charge in [-0.1, -0.05) is 17.7 Å². The standard InChI is InChI=1S/C19H27N3O4S/c1-13-10-14(2)18(15(3)11-13)27(25,26)19(24)20-12-17(23)22-8-6-21(7-9-22)16-4-5-16/h10-11,16H,4-9,12H2,1-3H3,(H,20,24). The Morgan fingerprint density at radius 3 is 2.11 bits per heavy atom. The van der Waals surface area contributed by atoms with Gasteiger partial charge in [-0.15, -0.1) is 0 Å². The monoisotopic (exact) mass is 393 g/mol. The SMILES string of the molecule is Cc1cc(C)c(S(=O)(=O)C(=O)NCC(=O)N2CCN(C3CC3)CC2)c(C)c1. The van der Waals surface area contributed by atoms with Crippen LogP contribution in [0.15, 0.2) is 17.0 Å². The molecule has 3 rings (SSSR count). The van der Waals surface area contributed by atoms with E-state index in [4.69, 9.17) is 0 Å². The van der Waals surface area contributed by atoms with Gasteiger partial charge < -0.3 is 10.2 Å². The van der Waals surface area contributed by atoms with Crippen molar-refractivity contribution in [3.8, 4) is 0 Å². The molecule has 1 aliphatic heterocycles. The van der Waals surface area contributed by atoms with Gasteiger partial charge in [-0.2, -0.15) is 0 Å². The normalized spacial score (nSPS) is 18.4. The molecule has 148 valence electrons. The van der Waals surface area contributed by atoms with Gasteiger partial charge in [0.2, 0.25) is 5.91 Å². The van der Waals surface area contributed by atoms with E-state index in [0.717, 1.165) is 18.7 Å². The van der Waals surface area contributed by atoms with Gasteiger partial charge in [0.05, 0.1) is 11.4 Å². The Hall–Kier alpha value is -1.93. The molecule has 1 aromatic rings. The first-order valence-electron chi connectivity index (χ1n) is 9.32. The number of sulfone groups is 1. The molecule has 2 fully saturated rings. The van der Waals surface area contributed by atoms with E-state index in [0.29, 0.717) is 30.3 Å². The van der Waals surface area contributed by atoms with E-state index in [9.17, 15) is 18.0 Å². The van der Waals surface area contributed by atoms with Gasteiger partial charge in [0.1, 0.15) is 0 Å². The smallest absolute Gasteiger partial charge is 0.339 e. The van der Waals surface area contributed by atoms with Gasteiger partial charge in [0.15, 0.2) is 0 Å². The molecule has 0 aromatic heterocycles. The summed E-state index contributed by atoms with van der Waals surface area (Å²) in [5.74, 6) is -0.244. The van der Waals surface area contributed by atoms with Crippen LogP contribution in [-0.2, 0) is 14.6 Å². The number of hydrogen-bond acceptors (Lipinski definition) is 5. The van der Waals surface area contributed by atoms with Gasteiger partial charge >= 0.3 is 5.24 Å². The third-order valence-electron chi connectivity index (χ3n) is 5.23. The van der Waals surface area contributed by atoms with E-state index in [2.05, 4.69) is 10.2 Å². The molecule has 8 heteroatoms. The van der Waals surface area contributed by atoms with Gasteiger partial charge in [0.25, 0.3) is 9.84 Å². The molecule has 1 heterocycles. The summed E-state index contributed by atoms with van der Waals surface area (Å²) in [5, 5.41) is 1.18. The van der Waals surface area contributed by atoms with Crippen molar-refractivity contribution in [3.05, 3.63) is 28.8 Å². The second-order valence-electron chi connectivity index (χ2n) is 7.52. The number of amides is 2. The zero-order chi connectivity index (χ0) is 19.8. The number of rotatable bonds is 4. The largest absolute Gasteiger partial charge is 0.341 e. The molecule has 1 N–H and O–H groups in total. The van der Waals surface area contributed by atoms with Crippen molar-refractivity contribution in [3.63, 3.8) is 0 Å². The van der Waals surface area contributed by atoms with Gasteiger partial charge in [-0.25, -0.2) is 8.42 Å². The predicted molar refractivity (Wildman–Crippen MR) is 102 cm³/mol. The molecule has 1 aliphatic carbocycles. The minimum absolute atomic E-state index is 0.0242. The zero-order valence-electron chi connectivity index (χ0n) is 16.1. The summed E-state index contributed by atoms with van der Waals surface area (Å²) < 4.78 is 25.3. The van der Waals surface area contributed by atoms with Crippen molar-refractivity contribution in [1.29, 1.82) is 0 Å². The highest BCUT2D eigenvalue weighted by Gasteiger charge is 2.33. The van der Waals surface area contributed by atoms with Crippen LogP contribution in [0, 0.1) is 20.8 Å². The van der Waals surface area contributed by atoms with Crippen LogP contribution >= 0.6 is 0 Å². The number of carbonyl (C=O) groups excluding carboxylic acids is 2. The highest BCUT2D eigenvalue weighted by Crippen LogP contribution is 2.27. The molecular formula is C19H27N3O4S. The topological polar surface area (TPSA) is 86.8 Å². The van der Waals surface area contributed by atoms with Crippen molar-refractivity contribution >= 4 is 21.0 Å². The van der Waals surface area contributed by atoms with Crippen LogP contribution in [0.1, 0.15) is 29.5 Å². The average Bonchev–Trinajstić information content (AvgIpc) is 3.43. The molecule has 0 atom stereocenters. The van der Waals surface area contributed by atoms with E-state index >= 15 is 0 Å². The van der Waals surface area contributed by atoms with Crippen molar-refractivity contribution in [2.75, 3.05) is 32.7 Å². The van der Waals surface area contributed by atoms with Crippen molar-refractivity contribution in [2.45, 2.75) is 44.6 Å². The number of hydrogen-bond donors (Lipinski definition) is 1. The summed E-state index contributed by atoms with van der Waals surface area (Å²) >= 11 is 0. The molecule has 1 saturated heterocycles. The molecule has 7 nitrogen and oxygen atoms in total. The molecule has 0 unspecified atom stereocenters. The lowest BCUT2D eigenvalue weighted by molar-refractivity contribution is -0.131. The highest BCUT2D eigenvalue weighted by atomic mass is 32.2. The lowest BCUT2D eigenvalue weighted by atomic mass is 10.1. The highest BCUT2D eigenvalue weighted by molar-refractivity contribution is 8.06. The Labute approximate surface area is 160 Å². The van der Waals surface area contributed by atoms with E-state index in [1.165, 1.54) is 12.8 Å². The number of benzene rings is 1. The van der Waals surface area contributed by atoms with E-state index in [-0.39, 0.29) is 17.3 Å². The molecule has 0 radical (unpaired) electrons. The Balaban J connectivity index is 1.59. The van der Waals surface area contributed by atoms with Crippen molar-refractivity contribution in [2.24, 2.45) is 0 Å². The molecule has 2 aliphatic rings. The number of carbonyl (C=O) groups is 2. The van der Waals surface area contributed by atoms with Gasteiger partial charge in [-0.05, 0) is 44.7 Å². The maximum absolute atomic E-state index is 12.7. The molecule has 1 saturated carbocycles. The maximum Gasteiger partial charge on any atom is 0.341 e. The minimum Gasteiger partial charge on any atom is -0.339 e. The zero-order valence-corrected chi connectivity index (χ0v) is 16.9. The van der Waals surface area contributed by atoms with Crippen LogP contribution in [-0.4, -0.2) is 68.1 Å². The van der Waals surface area contributed by atoms with Crippen molar-refractivity contribution in [1.82, 2.24) is 15.1 Å². The number of aryl methyl sites for hydroxylation is 3. The van der Waals surface area contributed by atoms with E-state index < -0.39 is 15.1 Å². The third-order valence-corrected chi connectivity index (χ3v) is 7.05. The maximum atomic E-state index is 12.7. The Morgan fingerprint density at radius 2 is 1.59 bits per heavy atom. The quantitative estimate of drug-likeness (QED) is 0.836. The molecule has 0 spiro atoms. The fourth-order valence-electron chi connectivity index (χ4n) is 3.81. The fraction of sp³-hybridized carbons (Fsp3) is 0.579. The Morgan fingerprint density at radius 1 is 1.04 bits per heavy atom. The lowest BCUT2D eigenvalue weighted by Gasteiger charge is -2.34. The van der Waals surface area contributed by atoms with E-state index in [1.54, 1.807) is 30.9 Å². The summed E-state index contributed by atoms with van der Waals surface area (Å²) in [6.45, 7) is 7.83. The molecule has 2 amide bonds. The third kappa shape index (κ3) is 4.32. The fourth-order valence-corrected chi connectivity index (χ4v) is 5.23. The molecular weight excluding hydrogens is 366 g/mol. The second kappa shape index (κ2) is 7.59. The van der Waals surface area contributed by atoms with Gasteiger partial charge in [-0.3, -0.25) is 14.5 Å². The first-order chi connectivity index (χ1) is 12.7. The predicted octanol–water partition coefficient (Wildman–Crippen LogP) is 1.40. The summed E-state index contributed by atoms with van der Waals surface area (Å²) in [5.41, 5.74) is 2.00. The van der Waals surface area contributed by atoms with Crippen LogP contribution in [0.3, 0.4) is 0 Å². The Kier molecular flexibility index (Phi) is 5.58. The second-order valence-corrected chi connectivity index (χ2v) is 9.31. The molecule has 1 aromatic carbocycles. The van der Waals surface area contributed by atoms with Crippen LogP contribution in [0.5, 0.6) is 0 Å². The number of piperazine rings is 1. The molecule has 0 bridgehead atoms. The first kappa shape index (κ1) is 19.8. The summed E-state index contributed by atoms with van der Waals surface area (Å²) in [6, 6.07) is 4.14. The van der Waals surface area contributed by atoms with Crippen LogP contribution in [0.4, 0.5) is 4.79 Å². The van der Waals surface area contributed by atoms with Crippen molar-refractivity contribution < 1.29 is 18.0 Å². The first-order valence-corrected chi connectivity index (χ1v) is 10.8. The molecule has 27 heavy (non-hydrogen) atoms. The number of nitrogens with one attached hydrogen (secondary N) is 1. The average molecular weight is 394 g/mol. The van der Waals surface area contributed by atoms with Crippen LogP contribution < -0.4 is 5.32 Å². The van der Waals surface area contributed by atoms with Gasteiger partial charge in [0, 0.05) is 32.2 Å². The minimum atomic E-state index is -4.18. The van der Waals surface area contributed by atoms with Crippen LogP contribution in [0.2, 0.25) is 0 Å². The summed E-state index contributed by atoms with van der Waals surface area (Å²) in [4.78, 5) is 28.7. The van der Waals surface area contributed by atoms with E-state index in [1.807, 2.05) is 6.92 Å². The summed E-state index contributed by atoms with van der Waals surface area (Å²) in [6.07, 6.45) is 2.47. The number of nitrogens with zero attached hydrogens (tertiary/aromatic N) is 2. The summed E-state index contributed by atoms with van der Waals surface area (Å²) in [7, 11) is -4.18.